The first-order valence-corrected chi connectivity index (χ1v) is 8.06. The van der Waals surface area contributed by atoms with Gasteiger partial charge in [0.25, 0.3) is 0 Å². The summed E-state index contributed by atoms with van der Waals surface area (Å²) >= 11 is 0. The van der Waals surface area contributed by atoms with Gasteiger partial charge in [-0.15, -0.1) is 0 Å². The van der Waals surface area contributed by atoms with Gasteiger partial charge >= 0.3 is 0 Å². The summed E-state index contributed by atoms with van der Waals surface area (Å²) in [5, 5.41) is 13.5. The Bertz CT molecular complexity index is 464. The van der Waals surface area contributed by atoms with Crippen LogP contribution in [0, 0.1) is 0 Å². The minimum Gasteiger partial charge on any atom is -0.391 e. The fraction of sp³-hybridized carbons (Fsp3) is 0.750. The fourth-order valence-corrected chi connectivity index (χ4v) is 2.88. The molecule has 0 aliphatic heterocycles. The van der Waals surface area contributed by atoms with Crippen molar-refractivity contribution in [2.45, 2.75) is 64.5 Å². The van der Waals surface area contributed by atoms with Gasteiger partial charge in [-0.25, -0.2) is 9.97 Å². The molecule has 118 valence electrons. The number of anilines is 2. The van der Waals surface area contributed by atoms with Crippen LogP contribution in [0.1, 0.15) is 58.2 Å². The van der Waals surface area contributed by atoms with Gasteiger partial charge in [0, 0.05) is 25.6 Å². The first kappa shape index (κ1) is 16.0. The Balaban J connectivity index is 2.27. The second kappa shape index (κ2) is 7.07. The zero-order chi connectivity index (χ0) is 15.4. The first-order chi connectivity index (χ1) is 10.0. The highest BCUT2D eigenvalue weighted by atomic mass is 16.3. The van der Waals surface area contributed by atoms with Crippen molar-refractivity contribution >= 4 is 11.6 Å². The SMILES string of the molecule is CCNc1cc(N(C)C2CCCCC2O)nc(C(C)C)n1. The van der Waals surface area contributed by atoms with Crippen molar-refractivity contribution in [3.63, 3.8) is 0 Å². The van der Waals surface area contributed by atoms with Crippen LogP contribution in [-0.4, -0.2) is 40.8 Å². The molecule has 2 rings (SSSR count). The van der Waals surface area contributed by atoms with Crippen LogP contribution < -0.4 is 10.2 Å². The molecule has 1 fully saturated rings. The Labute approximate surface area is 127 Å². The molecule has 5 heteroatoms. The molecule has 0 amide bonds. The summed E-state index contributed by atoms with van der Waals surface area (Å²) in [6.45, 7) is 7.10. The number of hydrogen-bond donors (Lipinski definition) is 2. The minimum absolute atomic E-state index is 0.156. The third-order valence-corrected chi connectivity index (χ3v) is 4.16. The van der Waals surface area contributed by atoms with E-state index < -0.39 is 0 Å². The molecule has 0 aromatic carbocycles. The van der Waals surface area contributed by atoms with Crippen molar-refractivity contribution in [3.8, 4) is 0 Å². The lowest BCUT2D eigenvalue weighted by Gasteiger charge is -2.36. The molecule has 1 aliphatic carbocycles. The molecule has 0 bridgehead atoms. The van der Waals surface area contributed by atoms with Crippen molar-refractivity contribution in [1.29, 1.82) is 0 Å². The Morgan fingerprint density at radius 2 is 2.05 bits per heavy atom. The maximum atomic E-state index is 10.3. The molecule has 1 aromatic heterocycles. The minimum atomic E-state index is -0.260. The van der Waals surface area contributed by atoms with Gasteiger partial charge in [0.2, 0.25) is 0 Å². The normalized spacial score (nSPS) is 22.4. The number of aromatic nitrogens is 2. The highest BCUT2D eigenvalue weighted by Gasteiger charge is 2.28. The third-order valence-electron chi connectivity index (χ3n) is 4.16. The lowest BCUT2D eigenvalue weighted by molar-refractivity contribution is 0.106. The molecular formula is C16H28N4O. The second-order valence-electron chi connectivity index (χ2n) is 6.18. The number of nitrogens with zero attached hydrogens (tertiary/aromatic N) is 3. The van der Waals surface area contributed by atoms with E-state index in [0.29, 0.717) is 0 Å². The molecule has 1 aromatic rings. The van der Waals surface area contributed by atoms with Crippen LogP contribution in [0.2, 0.25) is 0 Å². The van der Waals surface area contributed by atoms with E-state index in [1.54, 1.807) is 0 Å². The molecule has 0 saturated heterocycles. The van der Waals surface area contributed by atoms with Crippen LogP contribution >= 0.6 is 0 Å². The number of rotatable bonds is 5. The number of aliphatic hydroxyl groups excluding tert-OH is 1. The lowest BCUT2D eigenvalue weighted by Crippen LogP contribution is -2.44. The Morgan fingerprint density at radius 3 is 2.67 bits per heavy atom. The smallest absolute Gasteiger partial charge is 0.135 e. The maximum absolute atomic E-state index is 10.3. The van der Waals surface area contributed by atoms with E-state index >= 15 is 0 Å². The zero-order valence-electron chi connectivity index (χ0n) is 13.6. The van der Waals surface area contributed by atoms with E-state index in [-0.39, 0.29) is 18.1 Å². The third kappa shape index (κ3) is 3.84. The topological polar surface area (TPSA) is 61.3 Å². The quantitative estimate of drug-likeness (QED) is 0.874. The fourth-order valence-electron chi connectivity index (χ4n) is 2.88. The molecule has 1 saturated carbocycles. The van der Waals surface area contributed by atoms with E-state index in [0.717, 1.165) is 43.3 Å². The summed E-state index contributed by atoms with van der Waals surface area (Å²) in [4.78, 5) is 11.4. The average molecular weight is 292 g/mol. The number of likely N-dealkylation sites (N-methyl/N-ethyl adjacent to an activating group) is 1. The Morgan fingerprint density at radius 1 is 1.33 bits per heavy atom. The van der Waals surface area contributed by atoms with Crippen molar-refractivity contribution in [2.24, 2.45) is 0 Å². The molecule has 5 nitrogen and oxygen atoms in total. The van der Waals surface area contributed by atoms with Crippen LogP contribution in [-0.2, 0) is 0 Å². The number of aliphatic hydroxyl groups is 1. The second-order valence-corrected chi connectivity index (χ2v) is 6.18. The van der Waals surface area contributed by atoms with Crippen LogP contribution in [0.5, 0.6) is 0 Å². The summed E-state index contributed by atoms with van der Waals surface area (Å²) in [7, 11) is 2.03. The lowest BCUT2D eigenvalue weighted by atomic mass is 9.91. The molecular weight excluding hydrogens is 264 g/mol. The van der Waals surface area contributed by atoms with E-state index in [4.69, 9.17) is 0 Å². The summed E-state index contributed by atoms with van der Waals surface area (Å²) in [5.41, 5.74) is 0. The van der Waals surface area contributed by atoms with E-state index in [1.807, 2.05) is 13.1 Å². The van der Waals surface area contributed by atoms with Gasteiger partial charge in [0.05, 0.1) is 12.1 Å². The van der Waals surface area contributed by atoms with E-state index in [9.17, 15) is 5.11 Å². The van der Waals surface area contributed by atoms with Gasteiger partial charge in [0.1, 0.15) is 17.5 Å². The standard InChI is InChI=1S/C16H28N4O/c1-5-17-14-10-15(19-16(18-14)11(2)3)20(4)12-8-6-7-9-13(12)21/h10-13,21H,5-9H2,1-4H3,(H,17,18,19). The van der Waals surface area contributed by atoms with Gasteiger partial charge in [-0.2, -0.15) is 0 Å². The summed E-state index contributed by atoms with van der Waals surface area (Å²) in [5.74, 6) is 2.89. The van der Waals surface area contributed by atoms with Crippen molar-refractivity contribution in [1.82, 2.24) is 9.97 Å². The molecule has 21 heavy (non-hydrogen) atoms. The van der Waals surface area contributed by atoms with E-state index in [2.05, 4.69) is 41.0 Å². The largest absolute Gasteiger partial charge is 0.391 e. The number of hydrogen-bond acceptors (Lipinski definition) is 5. The highest BCUT2D eigenvalue weighted by Crippen LogP contribution is 2.27. The average Bonchev–Trinajstić information content (AvgIpc) is 2.47. The van der Waals surface area contributed by atoms with Crippen LogP contribution in [0.15, 0.2) is 6.07 Å². The van der Waals surface area contributed by atoms with Crippen LogP contribution in [0.4, 0.5) is 11.6 Å². The predicted octanol–water partition coefficient (Wildman–Crippen LogP) is 2.77. The maximum Gasteiger partial charge on any atom is 0.135 e. The summed E-state index contributed by atoms with van der Waals surface area (Å²) < 4.78 is 0. The van der Waals surface area contributed by atoms with Crippen LogP contribution in [0.25, 0.3) is 0 Å². The van der Waals surface area contributed by atoms with Crippen molar-refractivity contribution in [2.75, 3.05) is 23.8 Å². The molecule has 2 N–H and O–H groups in total. The summed E-state index contributed by atoms with van der Waals surface area (Å²) in [6.07, 6.45) is 3.94. The monoisotopic (exact) mass is 292 g/mol. The van der Waals surface area contributed by atoms with Gasteiger partial charge in [-0.05, 0) is 19.8 Å². The first-order valence-electron chi connectivity index (χ1n) is 8.06. The molecule has 1 heterocycles. The zero-order valence-corrected chi connectivity index (χ0v) is 13.6. The van der Waals surface area contributed by atoms with Gasteiger partial charge < -0.3 is 15.3 Å². The van der Waals surface area contributed by atoms with Crippen molar-refractivity contribution in [3.05, 3.63) is 11.9 Å². The van der Waals surface area contributed by atoms with Gasteiger partial charge in [0.15, 0.2) is 0 Å². The Hall–Kier alpha value is -1.36. The van der Waals surface area contributed by atoms with Gasteiger partial charge in [-0.3, -0.25) is 0 Å². The van der Waals surface area contributed by atoms with Crippen molar-refractivity contribution < 1.29 is 5.11 Å². The summed E-state index contributed by atoms with van der Waals surface area (Å²) in [6, 6.07) is 2.14. The molecule has 0 spiro atoms. The van der Waals surface area contributed by atoms with E-state index in [1.165, 1.54) is 6.42 Å². The molecule has 0 radical (unpaired) electrons. The van der Waals surface area contributed by atoms with Gasteiger partial charge in [-0.1, -0.05) is 26.7 Å². The predicted molar refractivity (Wildman–Crippen MR) is 87.0 cm³/mol. The number of nitrogens with one attached hydrogen (secondary N) is 1. The molecule has 2 unspecified atom stereocenters. The Kier molecular flexibility index (Phi) is 5.39. The molecule has 2 atom stereocenters. The van der Waals surface area contributed by atoms with Crippen LogP contribution in [0.3, 0.4) is 0 Å². The molecule has 1 aliphatic rings. The highest BCUT2D eigenvalue weighted by molar-refractivity contribution is 5.50.